The van der Waals surface area contributed by atoms with E-state index in [1.54, 1.807) is 28.9 Å². The maximum absolute atomic E-state index is 13.2. The number of benzene rings is 2. The molecule has 134 valence electrons. The molecule has 1 aromatic heterocycles. The maximum atomic E-state index is 13.2. The molecule has 0 spiro atoms. The van der Waals surface area contributed by atoms with E-state index < -0.39 is 5.82 Å². The first-order valence-electron chi connectivity index (χ1n) is 7.81. The number of hydrogen-bond donors (Lipinski definition) is 1. The molecule has 0 bridgehead atoms. The van der Waals surface area contributed by atoms with E-state index >= 15 is 0 Å². The van der Waals surface area contributed by atoms with Crippen molar-refractivity contribution in [1.29, 1.82) is 0 Å². The van der Waals surface area contributed by atoms with Gasteiger partial charge in [0.2, 0.25) is 0 Å². The van der Waals surface area contributed by atoms with Crippen LogP contribution in [-0.2, 0) is 13.2 Å². The van der Waals surface area contributed by atoms with Crippen LogP contribution < -0.4 is 10.1 Å². The van der Waals surface area contributed by atoms with Crippen molar-refractivity contribution in [2.24, 2.45) is 0 Å². The fourth-order valence-corrected chi connectivity index (χ4v) is 2.40. The van der Waals surface area contributed by atoms with Gasteiger partial charge in [-0.15, -0.1) is 5.10 Å². The standard InChI is InChI=1S/C17H15ClFN5O2/c1-2-24-16(21-22-23-24)10-26-13-5-3-4-11(8-13)17(25)20-12-6-7-15(19)14(18)9-12/h3-9H,2,10H2,1H3,(H,20,25). The summed E-state index contributed by atoms with van der Waals surface area (Å²) in [4.78, 5) is 12.4. The molecular weight excluding hydrogens is 361 g/mol. The van der Waals surface area contributed by atoms with Crippen LogP contribution in [0, 0.1) is 5.82 Å². The van der Waals surface area contributed by atoms with Gasteiger partial charge in [0.1, 0.15) is 18.2 Å². The summed E-state index contributed by atoms with van der Waals surface area (Å²) in [6, 6.07) is 10.6. The van der Waals surface area contributed by atoms with E-state index in [1.807, 2.05) is 6.92 Å². The van der Waals surface area contributed by atoms with E-state index in [4.69, 9.17) is 16.3 Å². The molecule has 7 nitrogen and oxygen atoms in total. The van der Waals surface area contributed by atoms with Gasteiger partial charge >= 0.3 is 0 Å². The molecule has 26 heavy (non-hydrogen) atoms. The Balaban J connectivity index is 1.68. The Kier molecular flexibility index (Phi) is 5.43. The molecule has 0 radical (unpaired) electrons. The van der Waals surface area contributed by atoms with Crippen molar-refractivity contribution in [3.63, 3.8) is 0 Å². The summed E-state index contributed by atoms with van der Waals surface area (Å²) in [5.41, 5.74) is 0.785. The third kappa shape index (κ3) is 4.15. The van der Waals surface area contributed by atoms with Crippen molar-refractivity contribution in [3.05, 3.63) is 64.7 Å². The summed E-state index contributed by atoms with van der Waals surface area (Å²) >= 11 is 5.72. The van der Waals surface area contributed by atoms with Crippen molar-refractivity contribution in [3.8, 4) is 5.75 Å². The van der Waals surface area contributed by atoms with Gasteiger partial charge in [-0.25, -0.2) is 9.07 Å². The summed E-state index contributed by atoms with van der Waals surface area (Å²) in [5, 5.41) is 13.9. The monoisotopic (exact) mass is 375 g/mol. The molecule has 3 rings (SSSR count). The summed E-state index contributed by atoms with van der Waals surface area (Å²) < 4.78 is 20.5. The van der Waals surface area contributed by atoms with E-state index in [-0.39, 0.29) is 17.5 Å². The molecule has 0 aliphatic rings. The summed E-state index contributed by atoms with van der Waals surface area (Å²) in [6.45, 7) is 2.74. The Hall–Kier alpha value is -3.00. The third-order valence-electron chi connectivity index (χ3n) is 3.55. The minimum absolute atomic E-state index is 0.0615. The van der Waals surface area contributed by atoms with Gasteiger partial charge in [-0.2, -0.15) is 0 Å². The number of carbonyl (C=O) groups is 1. The lowest BCUT2D eigenvalue weighted by Crippen LogP contribution is -2.12. The summed E-state index contributed by atoms with van der Waals surface area (Å²) in [5.74, 6) is 0.176. The molecular formula is C17H15ClFN5O2. The molecule has 0 saturated carbocycles. The van der Waals surface area contributed by atoms with Crippen LogP contribution in [-0.4, -0.2) is 26.1 Å². The van der Waals surface area contributed by atoms with E-state index in [2.05, 4.69) is 20.8 Å². The lowest BCUT2D eigenvalue weighted by Gasteiger charge is -2.09. The van der Waals surface area contributed by atoms with Crippen LogP contribution in [0.2, 0.25) is 5.02 Å². The molecule has 9 heteroatoms. The van der Waals surface area contributed by atoms with Gasteiger partial charge in [0.05, 0.1) is 5.02 Å². The minimum atomic E-state index is -0.547. The van der Waals surface area contributed by atoms with Crippen LogP contribution in [0.15, 0.2) is 42.5 Å². The van der Waals surface area contributed by atoms with Crippen LogP contribution in [0.25, 0.3) is 0 Å². The van der Waals surface area contributed by atoms with Gasteiger partial charge in [-0.3, -0.25) is 4.79 Å². The Morgan fingerprint density at radius 2 is 2.15 bits per heavy atom. The molecule has 0 fully saturated rings. The van der Waals surface area contributed by atoms with Crippen molar-refractivity contribution in [1.82, 2.24) is 20.2 Å². The van der Waals surface area contributed by atoms with Crippen molar-refractivity contribution in [2.45, 2.75) is 20.1 Å². The number of amides is 1. The molecule has 2 aromatic carbocycles. The van der Waals surface area contributed by atoms with E-state index in [1.165, 1.54) is 18.2 Å². The van der Waals surface area contributed by atoms with Crippen molar-refractivity contribution >= 4 is 23.2 Å². The number of rotatable bonds is 6. The van der Waals surface area contributed by atoms with E-state index in [0.717, 1.165) is 0 Å². The average molecular weight is 376 g/mol. The zero-order valence-electron chi connectivity index (χ0n) is 13.8. The van der Waals surface area contributed by atoms with E-state index in [9.17, 15) is 9.18 Å². The number of aromatic nitrogens is 4. The van der Waals surface area contributed by atoms with Gasteiger partial charge < -0.3 is 10.1 Å². The average Bonchev–Trinajstić information content (AvgIpc) is 3.11. The molecule has 0 saturated heterocycles. The zero-order chi connectivity index (χ0) is 18.5. The fraction of sp³-hybridized carbons (Fsp3) is 0.176. The highest BCUT2D eigenvalue weighted by molar-refractivity contribution is 6.31. The molecule has 0 unspecified atom stereocenters. The number of nitrogens with one attached hydrogen (secondary N) is 1. The molecule has 0 atom stereocenters. The second-order valence-corrected chi connectivity index (χ2v) is 5.72. The molecule has 1 heterocycles. The van der Waals surface area contributed by atoms with E-state index in [0.29, 0.717) is 29.4 Å². The number of aryl methyl sites for hydroxylation is 1. The SMILES string of the molecule is CCn1nnnc1COc1cccc(C(=O)Nc2ccc(F)c(Cl)c2)c1. The van der Waals surface area contributed by atoms with Crippen molar-refractivity contribution < 1.29 is 13.9 Å². The minimum Gasteiger partial charge on any atom is -0.486 e. The van der Waals surface area contributed by atoms with Crippen molar-refractivity contribution in [2.75, 3.05) is 5.32 Å². The topological polar surface area (TPSA) is 81.9 Å². The second-order valence-electron chi connectivity index (χ2n) is 5.31. The van der Waals surface area contributed by atoms with Gasteiger partial charge in [0, 0.05) is 17.8 Å². The largest absolute Gasteiger partial charge is 0.486 e. The highest BCUT2D eigenvalue weighted by Gasteiger charge is 2.10. The molecule has 1 amide bonds. The first kappa shape index (κ1) is 17.8. The first-order valence-corrected chi connectivity index (χ1v) is 8.19. The van der Waals surface area contributed by atoms with Crippen LogP contribution in [0.3, 0.4) is 0 Å². The predicted octanol–water partition coefficient (Wildman–Crippen LogP) is 3.32. The quantitative estimate of drug-likeness (QED) is 0.714. The molecule has 1 N–H and O–H groups in total. The fourth-order valence-electron chi connectivity index (χ4n) is 2.22. The number of hydrogen-bond acceptors (Lipinski definition) is 5. The molecule has 0 aliphatic carbocycles. The smallest absolute Gasteiger partial charge is 0.255 e. The second kappa shape index (κ2) is 7.92. The normalized spacial score (nSPS) is 10.6. The lowest BCUT2D eigenvalue weighted by atomic mass is 10.2. The van der Waals surface area contributed by atoms with Gasteiger partial charge in [-0.1, -0.05) is 17.7 Å². The van der Waals surface area contributed by atoms with Gasteiger partial charge in [0.25, 0.3) is 5.91 Å². The Labute approximate surface area is 153 Å². The van der Waals surface area contributed by atoms with Gasteiger partial charge in [0.15, 0.2) is 5.82 Å². The molecule has 0 aliphatic heterocycles. The van der Waals surface area contributed by atoms with Gasteiger partial charge in [-0.05, 0) is 53.7 Å². The van der Waals surface area contributed by atoms with Crippen LogP contribution >= 0.6 is 11.6 Å². The van der Waals surface area contributed by atoms with Crippen LogP contribution in [0.1, 0.15) is 23.1 Å². The van der Waals surface area contributed by atoms with Crippen LogP contribution in [0.4, 0.5) is 10.1 Å². The van der Waals surface area contributed by atoms with Crippen LogP contribution in [0.5, 0.6) is 5.75 Å². The first-order chi connectivity index (χ1) is 12.6. The predicted molar refractivity (Wildman–Crippen MR) is 93.6 cm³/mol. The lowest BCUT2D eigenvalue weighted by molar-refractivity contribution is 0.102. The number of halogens is 2. The Bertz CT molecular complexity index is 931. The number of nitrogens with zero attached hydrogens (tertiary/aromatic N) is 4. The number of ether oxygens (including phenoxy) is 1. The summed E-state index contributed by atoms with van der Waals surface area (Å²) in [6.07, 6.45) is 0. The Morgan fingerprint density at radius 3 is 2.92 bits per heavy atom. The highest BCUT2D eigenvalue weighted by Crippen LogP contribution is 2.21. The number of carbonyl (C=O) groups excluding carboxylic acids is 1. The third-order valence-corrected chi connectivity index (χ3v) is 3.84. The highest BCUT2D eigenvalue weighted by atomic mass is 35.5. The zero-order valence-corrected chi connectivity index (χ0v) is 14.6. The molecule has 3 aromatic rings. The number of tetrazole rings is 1. The Morgan fingerprint density at radius 1 is 1.31 bits per heavy atom. The summed E-state index contributed by atoms with van der Waals surface area (Å²) in [7, 11) is 0. The maximum Gasteiger partial charge on any atom is 0.255 e. The number of anilines is 1.